The maximum Gasteiger partial charge on any atom is 0.573 e. The van der Waals surface area contributed by atoms with Gasteiger partial charge in [-0.05, 0) is 67.6 Å². The average molecular weight is 625 g/mol. The van der Waals surface area contributed by atoms with E-state index in [0.717, 1.165) is 35.2 Å². The van der Waals surface area contributed by atoms with Gasteiger partial charge in [0.25, 0.3) is 0 Å². The van der Waals surface area contributed by atoms with Crippen molar-refractivity contribution in [2.24, 2.45) is 4.99 Å². The topological polar surface area (TPSA) is 105 Å². The summed E-state index contributed by atoms with van der Waals surface area (Å²) in [5.74, 6) is 0.587. The number of hydrogen-bond acceptors (Lipinski definition) is 6. The normalized spacial score (nSPS) is 16.7. The molecule has 1 saturated heterocycles. The lowest BCUT2D eigenvalue weighted by Crippen LogP contribution is -2.36. The van der Waals surface area contributed by atoms with Crippen molar-refractivity contribution in [2.45, 2.75) is 51.7 Å². The first-order valence-corrected chi connectivity index (χ1v) is 15.0. The number of aromatic nitrogens is 3. The van der Waals surface area contributed by atoms with Crippen molar-refractivity contribution in [2.75, 3.05) is 10.7 Å². The third kappa shape index (κ3) is 7.77. The van der Waals surface area contributed by atoms with Gasteiger partial charge in [-0.15, -0.1) is 18.3 Å². The van der Waals surface area contributed by atoms with Gasteiger partial charge >= 0.3 is 12.4 Å². The monoisotopic (exact) mass is 624 g/mol. The van der Waals surface area contributed by atoms with Gasteiger partial charge < -0.3 is 15.2 Å². The molecule has 2 unspecified atom stereocenters. The first kappa shape index (κ1) is 31.1. The highest BCUT2D eigenvalue weighted by atomic mass is 32.2. The van der Waals surface area contributed by atoms with Crippen LogP contribution in [0.2, 0.25) is 0 Å². The number of amidine groups is 1. The van der Waals surface area contributed by atoms with Gasteiger partial charge in [-0.25, -0.2) is 14.5 Å². The van der Waals surface area contributed by atoms with E-state index in [4.69, 9.17) is 0 Å². The highest BCUT2D eigenvalue weighted by Crippen LogP contribution is 2.32. The molecule has 4 aromatic rings. The number of aliphatic imine (C=N–C) groups is 1. The molecule has 5 rings (SSSR count). The summed E-state index contributed by atoms with van der Waals surface area (Å²) >= 11 is 1.35. The highest BCUT2D eigenvalue weighted by Gasteiger charge is 2.32. The van der Waals surface area contributed by atoms with Crippen LogP contribution in [-0.4, -0.2) is 55.5 Å². The number of nitrogens with one attached hydrogen (secondary N) is 1. The summed E-state index contributed by atoms with van der Waals surface area (Å²) in [5.41, 5.74) is 4.31. The van der Waals surface area contributed by atoms with Gasteiger partial charge in [-0.3, -0.25) is 4.90 Å². The number of benzene rings is 3. The van der Waals surface area contributed by atoms with Gasteiger partial charge in [0, 0.05) is 23.0 Å². The van der Waals surface area contributed by atoms with E-state index in [1.54, 1.807) is 4.90 Å². The third-order valence-electron chi connectivity index (χ3n) is 6.97. The van der Waals surface area contributed by atoms with Crippen molar-refractivity contribution in [3.63, 3.8) is 0 Å². The largest absolute Gasteiger partial charge is 0.573 e. The van der Waals surface area contributed by atoms with Crippen LogP contribution in [0.15, 0.2) is 84.1 Å². The number of alkyl halides is 3. The minimum absolute atomic E-state index is 0.135. The number of carbonyl (C=O) groups excluding carboxylic acids is 1. The van der Waals surface area contributed by atoms with Crippen LogP contribution >= 0.6 is 11.8 Å². The number of hydrogen-bond donors (Lipinski definition) is 2. The molecule has 2 amide bonds. The molecule has 2 heterocycles. The van der Waals surface area contributed by atoms with E-state index in [9.17, 15) is 23.1 Å². The second-order valence-electron chi connectivity index (χ2n) is 10.2. The molecule has 0 bridgehead atoms. The Balaban J connectivity index is 1.14. The SMILES string of the molecule is CCc1ccccc1N1/C(=N/C(=O)NC(C)CCc2ccc(-c3ncn(-c4ccc(OC(F)(F)F)cc4)n3)cc2)SCC1O. The number of anilines is 1. The fourth-order valence-electron chi connectivity index (χ4n) is 4.74. The number of aliphatic hydroxyl groups is 1. The minimum atomic E-state index is -4.75. The smallest absolute Gasteiger partial charge is 0.406 e. The van der Waals surface area contributed by atoms with Crippen LogP contribution in [0.1, 0.15) is 31.4 Å². The zero-order chi connectivity index (χ0) is 31.3. The number of rotatable bonds is 9. The van der Waals surface area contributed by atoms with Gasteiger partial charge in [-0.2, -0.15) is 4.99 Å². The van der Waals surface area contributed by atoms with Gasteiger partial charge in [0.2, 0.25) is 0 Å². The number of ether oxygens (including phenoxy) is 1. The van der Waals surface area contributed by atoms with E-state index in [0.29, 0.717) is 28.9 Å². The van der Waals surface area contributed by atoms with E-state index in [2.05, 4.69) is 25.1 Å². The lowest BCUT2D eigenvalue weighted by atomic mass is 10.0. The Morgan fingerprint density at radius 1 is 1.14 bits per heavy atom. The van der Waals surface area contributed by atoms with Crippen LogP contribution < -0.4 is 15.0 Å². The highest BCUT2D eigenvalue weighted by molar-refractivity contribution is 8.14. The third-order valence-corrected chi connectivity index (χ3v) is 7.98. The second-order valence-corrected chi connectivity index (χ2v) is 11.2. The van der Waals surface area contributed by atoms with Crippen molar-refractivity contribution in [1.82, 2.24) is 20.1 Å². The van der Waals surface area contributed by atoms with Crippen LogP contribution in [-0.2, 0) is 12.8 Å². The first-order chi connectivity index (χ1) is 21.1. The molecule has 1 aromatic heterocycles. The molecule has 1 aliphatic rings. The van der Waals surface area contributed by atoms with Crippen molar-refractivity contribution in [3.8, 4) is 22.8 Å². The quantitative estimate of drug-likeness (QED) is 0.224. The molecular formula is C31H31F3N6O3S. The van der Waals surface area contributed by atoms with E-state index in [1.165, 1.54) is 47.0 Å². The molecule has 1 fully saturated rings. The fourth-order valence-corrected chi connectivity index (χ4v) is 5.69. The molecule has 2 N–H and O–H groups in total. The minimum Gasteiger partial charge on any atom is -0.406 e. The van der Waals surface area contributed by atoms with Crippen molar-refractivity contribution in [3.05, 3.63) is 90.3 Å². The van der Waals surface area contributed by atoms with E-state index in [1.807, 2.05) is 62.4 Å². The second kappa shape index (κ2) is 13.5. The Morgan fingerprint density at radius 2 is 1.86 bits per heavy atom. The van der Waals surface area contributed by atoms with Crippen LogP contribution in [0.25, 0.3) is 17.1 Å². The molecule has 0 aliphatic carbocycles. The van der Waals surface area contributed by atoms with Crippen LogP contribution in [0.5, 0.6) is 5.75 Å². The summed E-state index contributed by atoms with van der Waals surface area (Å²) in [6.45, 7) is 3.97. The maximum absolute atomic E-state index is 12.7. The molecular weight excluding hydrogens is 593 g/mol. The summed E-state index contributed by atoms with van der Waals surface area (Å²) in [6.07, 6.45) is -1.81. The lowest BCUT2D eigenvalue weighted by Gasteiger charge is -2.24. The van der Waals surface area contributed by atoms with Crippen LogP contribution in [0, 0.1) is 0 Å². The summed E-state index contributed by atoms with van der Waals surface area (Å²) in [4.78, 5) is 23.1. The molecule has 230 valence electrons. The van der Waals surface area contributed by atoms with E-state index >= 15 is 0 Å². The Kier molecular flexibility index (Phi) is 9.55. The van der Waals surface area contributed by atoms with Crippen molar-refractivity contribution < 1.29 is 27.8 Å². The van der Waals surface area contributed by atoms with Gasteiger partial charge in [0.05, 0.1) is 5.69 Å². The number of aliphatic hydroxyl groups excluding tert-OH is 1. The molecule has 2 atom stereocenters. The summed E-state index contributed by atoms with van der Waals surface area (Å²) < 4.78 is 42.6. The number of thioether (sulfide) groups is 1. The van der Waals surface area contributed by atoms with Crippen molar-refractivity contribution >= 4 is 28.6 Å². The molecule has 0 spiro atoms. The molecule has 0 saturated carbocycles. The van der Waals surface area contributed by atoms with Crippen LogP contribution in [0.3, 0.4) is 0 Å². The Labute approximate surface area is 256 Å². The van der Waals surface area contributed by atoms with Gasteiger partial charge in [0.15, 0.2) is 11.0 Å². The molecule has 0 radical (unpaired) electrons. The number of nitrogens with zero attached hydrogens (tertiary/aromatic N) is 5. The van der Waals surface area contributed by atoms with Gasteiger partial charge in [0.1, 0.15) is 18.3 Å². The molecule has 3 aromatic carbocycles. The van der Waals surface area contributed by atoms with E-state index in [-0.39, 0.29) is 11.8 Å². The predicted octanol–water partition coefficient (Wildman–Crippen LogP) is 6.35. The first-order valence-electron chi connectivity index (χ1n) is 14.0. The van der Waals surface area contributed by atoms with Crippen molar-refractivity contribution in [1.29, 1.82) is 0 Å². The number of halogens is 3. The number of aryl methyl sites for hydroxylation is 2. The zero-order valence-corrected chi connectivity index (χ0v) is 24.8. The maximum atomic E-state index is 12.7. The Morgan fingerprint density at radius 3 is 2.57 bits per heavy atom. The molecule has 1 aliphatic heterocycles. The molecule has 44 heavy (non-hydrogen) atoms. The van der Waals surface area contributed by atoms with E-state index < -0.39 is 18.6 Å². The average Bonchev–Trinajstić information content (AvgIpc) is 3.63. The number of urea groups is 1. The standard InChI is InChI=1S/C31H31F3N6O3S/c1-3-22-6-4-5-7-26(22)40-27(41)18-44-30(40)37-29(42)36-20(2)8-9-21-10-12-23(13-11-21)28-35-19-39(38-28)24-14-16-25(17-15-24)43-31(32,33)34/h4-7,10-17,19-20,27,41H,3,8-9,18H2,1-2H3,(H,36,42)/b37-30-. The molecule has 13 heteroatoms. The summed E-state index contributed by atoms with van der Waals surface area (Å²) in [5, 5.41) is 18.4. The summed E-state index contributed by atoms with van der Waals surface area (Å²) in [6, 6.07) is 20.3. The Bertz CT molecular complexity index is 1610. The number of para-hydroxylation sites is 1. The lowest BCUT2D eigenvalue weighted by molar-refractivity contribution is -0.274. The van der Waals surface area contributed by atoms with Crippen LogP contribution in [0.4, 0.5) is 23.7 Å². The summed E-state index contributed by atoms with van der Waals surface area (Å²) in [7, 11) is 0. The predicted molar refractivity (Wildman–Crippen MR) is 164 cm³/mol. The fraction of sp³-hybridized carbons (Fsp3) is 0.290. The Hall–Kier alpha value is -4.36. The zero-order valence-electron chi connectivity index (χ0n) is 24.0. The molecule has 9 nitrogen and oxygen atoms in total. The number of amides is 2. The van der Waals surface area contributed by atoms with Gasteiger partial charge in [-0.1, -0.05) is 61.2 Å². The number of carbonyl (C=O) groups is 1.